The largest absolute Gasteiger partial charge is 0.378 e. The highest BCUT2D eigenvalue weighted by Crippen LogP contribution is 2.24. The number of hydrogen-bond acceptors (Lipinski definition) is 9. The van der Waals surface area contributed by atoms with Crippen LogP contribution in [-0.4, -0.2) is 55.4 Å². The fourth-order valence-corrected chi connectivity index (χ4v) is 4.84. The zero-order chi connectivity index (χ0) is 24.7. The first kappa shape index (κ1) is 23.9. The Morgan fingerprint density at radius 3 is 2.72 bits per heavy atom. The lowest BCUT2D eigenvalue weighted by Gasteiger charge is -2.32. The smallest absolute Gasteiger partial charge is 0.293 e. The molecule has 5 rings (SSSR count). The van der Waals surface area contributed by atoms with Gasteiger partial charge in [-0.25, -0.2) is 10.1 Å². The maximum absolute atomic E-state index is 13.0. The molecule has 11 nitrogen and oxygen atoms in total. The van der Waals surface area contributed by atoms with E-state index in [-0.39, 0.29) is 17.3 Å². The average Bonchev–Trinajstić information content (AvgIpc) is 3.52. The van der Waals surface area contributed by atoms with Crippen molar-refractivity contribution in [3.05, 3.63) is 59.4 Å². The van der Waals surface area contributed by atoms with Crippen molar-refractivity contribution >= 4 is 17.9 Å². The van der Waals surface area contributed by atoms with Crippen molar-refractivity contribution in [2.45, 2.75) is 45.1 Å². The Balaban J connectivity index is 1.27. The van der Waals surface area contributed by atoms with Crippen molar-refractivity contribution in [3.63, 3.8) is 0 Å². The zero-order valence-corrected chi connectivity index (χ0v) is 20.2. The van der Waals surface area contributed by atoms with Crippen LogP contribution in [0.15, 0.2) is 52.2 Å². The number of nitrogens with one attached hydrogen (secondary N) is 1. The third-order valence-corrected chi connectivity index (χ3v) is 6.88. The predicted octanol–water partition coefficient (Wildman–Crippen LogP) is 2.76. The van der Waals surface area contributed by atoms with E-state index in [4.69, 9.17) is 10.4 Å². The normalized spacial score (nSPS) is 19.2. The molecule has 188 valence electrons. The third-order valence-electron chi connectivity index (χ3n) is 6.88. The number of benzene rings is 1. The van der Waals surface area contributed by atoms with Gasteiger partial charge in [0, 0.05) is 12.8 Å². The molecule has 1 aliphatic heterocycles. The molecule has 1 aromatic carbocycles. The highest BCUT2D eigenvalue weighted by Gasteiger charge is 2.27. The number of piperidine rings is 1. The molecule has 11 heteroatoms. The molecule has 0 spiro atoms. The van der Waals surface area contributed by atoms with Gasteiger partial charge in [0.2, 0.25) is 11.6 Å². The lowest BCUT2D eigenvalue weighted by molar-refractivity contribution is 0.0946. The summed E-state index contributed by atoms with van der Waals surface area (Å²) < 4.78 is 6.20. The summed E-state index contributed by atoms with van der Waals surface area (Å²) in [4.78, 5) is 15.3. The molecule has 1 saturated heterocycles. The van der Waals surface area contributed by atoms with Gasteiger partial charge in [-0.15, -0.1) is 5.10 Å². The van der Waals surface area contributed by atoms with Crippen LogP contribution in [0.3, 0.4) is 0 Å². The van der Waals surface area contributed by atoms with E-state index in [0.29, 0.717) is 24.1 Å². The van der Waals surface area contributed by atoms with Gasteiger partial charge in [-0.05, 0) is 79.3 Å². The van der Waals surface area contributed by atoms with E-state index in [1.165, 1.54) is 10.2 Å². The lowest BCUT2D eigenvalue weighted by atomic mass is 9.90. The van der Waals surface area contributed by atoms with E-state index in [0.717, 1.165) is 51.6 Å². The number of nitrogens with zero attached hydrogens (tertiary/aromatic N) is 7. The summed E-state index contributed by atoms with van der Waals surface area (Å²) in [7, 11) is 0. The van der Waals surface area contributed by atoms with E-state index < -0.39 is 5.91 Å². The fourth-order valence-electron chi connectivity index (χ4n) is 4.84. The summed E-state index contributed by atoms with van der Waals surface area (Å²) in [6.07, 6.45) is 12.3. The Morgan fingerprint density at radius 2 is 2.00 bits per heavy atom. The van der Waals surface area contributed by atoms with Crippen LogP contribution in [0.1, 0.15) is 53.8 Å². The van der Waals surface area contributed by atoms with Crippen molar-refractivity contribution in [1.82, 2.24) is 35.6 Å². The standard InChI is InChI=1S/C25H31N9O2/c26-23-24(31-36-30-23)34-21(17-33-13-11-19(12-14-33)15-18-7-3-1-4-8-18)22(28-32-34)25(35)29-27-16-20-9-5-2-6-10-20/h1-5,7-8,16,19-20H,6,9-15,17H2,(H2,26,30)(H,29,35)/b27-16-/t20-/m1/s1. The second-order valence-corrected chi connectivity index (χ2v) is 9.44. The van der Waals surface area contributed by atoms with E-state index >= 15 is 0 Å². The van der Waals surface area contributed by atoms with Gasteiger partial charge in [-0.1, -0.05) is 47.7 Å². The molecule has 1 amide bonds. The Morgan fingerprint density at radius 1 is 1.17 bits per heavy atom. The lowest BCUT2D eigenvalue weighted by Crippen LogP contribution is -2.35. The fraction of sp³-hybridized carbons (Fsp3) is 0.440. The maximum atomic E-state index is 13.0. The number of likely N-dealkylation sites (tertiary alicyclic amines) is 1. The van der Waals surface area contributed by atoms with Crippen LogP contribution >= 0.6 is 0 Å². The summed E-state index contributed by atoms with van der Waals surface area (Å²) >= 11 is 0. The number of nitrogen functional groups attached to an aromatic ring is 1. The van der Waals surface area contributed by atoms with Gasteiger partial charge < -0.3 is 5.73 Å². The topological polar surface area (TPSA) is 140 Å². The van der Waals surface area contributed by atoms with Crippen LogP contribution in [0.2, 0.25) is 0 Å². The number of hydrazone groups is 1. The Hall–Kier alpha value is -3.86. The quantitative estimate of drug-likeness (QED) is 0.280. The molecule has 3 heterocycles. The average molecular weight is 490 g/mol. The first-order valence-electron chi connectivity index (χ1n) is 12.4. The number of anilines is 1. The number of rotatable bonds is 8. The van der Waals surface area contributed by atoms with Gasteiger partial charge in [0.1, 0.15) is 0 Å². The Bertz CT molecular complexity index is 1210. The number of carbonyl (C=O) groups is 1. The summed E-state index contributed by atoms with van der Waals surface area (Å²) in [5.41, 5.74) is 10.7. The molecule has 36 heavy (non-hydrogen) atoms. The molecule has 1 atom stereocenters. The van der Waals surface area contributed by atoms with Gasteiger partial charge in [-0.2, -0.15) is 9.78 Å². The van der Waals surface area contributed by atoms with Crippen LogP contribution in [0.4, 0.5) is 5.82 Å². The molecular formula is C25H31N9O2. The van der Waals surface area contributed by atoms with Crippen molar-refractivity contribution < 1.29 is 9.42 Å². The molecular weight excluding hydrogens is 458 g/mol. The molecule has 2 aromatic heterocycles. The highest BCUT2D eigenvalue weighted by molar-refractivity contribution is 5.93. The van der Waals surface area contributed by atoms with Crippen molar-refractivity contribution in [3.8, 4) is 5.82 Å². The summed E-state index contributed by atoms with van der Waals surface area (Å²) in [6.45, 7) is 2.28. The zero-order valence-electron chi connectivity index (χ0n) is 20.2. The molecule has 0 bridgehead atoms. The van der Waals surface area contributed by atoms with Crippen LogP contribution in [0.5, 0.6) is 0 Å². The van der Waals surface area contributed by atoms with Crippen LogP contribution in [-0.2, 0) is 13.0 Å². The Labute approximate surface area is 209 Å². The highest BCUT2D eigenvalue weighted by atomic mass is 16.6. The number of aromatic nitrogens is 5. The van der Waals surface area contributed by atoms with Crippen LogP contribution in [0, 0.1) is 11.8 Å². The van der Waals surface area contributed by atoms with Gasteiger partial charge >= 0.3 is 0 Å². The molecule has 3 N–H and O–H groups in total. The molecule has 3 aromatic rings. The van der Waals surface area contributed by atoms with Gasteiger partial charge in [-0.3, -0.25) is 9.69 Å². The second-order valence-electron chi connectivity index (χ2n) is 9.44. The van der Waals surface area contributed by atoms with Crippen molar-refractivity contribution in [1.29, 1.82) is 0 Å². The van der Waals surface area contributed by atoms with Gasteiger partial charge in [0.15, 0.2) is 5.69 Å². The molecule has 1 aliphatic carbocycles. The van der Waals surface area contributed by atoms with Gasteiger partial charge in [0.05, 0.1) is 5.69 Å². The third kappa shape index (κ3) is 5.68. The molecule has 2 aliphatic rings. The number of allylic oxidation sites excluding steroid dienone is 2. The first-order chi connectivity index (χ1) is 17.7. The first-order valence-corrected chi connectivity index (χ1v) is 12.4. The summed E-state index contributed by atoms with van der Waals surface area (Å²) in [6, 6.07) is 10.6. The molecule has 1 fully saturated rings. The monoisotopic (exact) mass is 489 g/mol. The number of amides is 1. The number of hydrogen-bond donors (Lipinski definition) is 2. The van der Waals surface area contributed by atoms with E-state index in [2.05, 4.69) is 72.5 Å². The SMILES string of the molecule is Nc1nonc1-n1nnc(C(=O)N/N=C\[C@@H]2CC=CCC2)c1CN1CCC(Cc2ccccc2)CC1. The second kappa shape index (κ2) is 11.3. The van der Waals surface area contributed by atoms with E-state index in [1.54, 1.807) is 6.21 Å². The van der Waals surface area contributed by atoms with Crippen molar-refractivity contribution in [2.75, 3.05) is 18.8 Å². The van der Waals surface area contributed by atoms with Crippen molar-refractivity contribution in [2.24, 2.45) is 16.9 Å². The van der Waals surface area contributed by atoms with E-state index in [1.807, 2.05) is 6.07 Å². The Kier molecular flexibility index (Phi) is 7.46. The minimum atomic E-state index is -0.423. The predicted molar refractivity (Wildman–Crippen MR) is 134 cm³/mol. The molecule has 0 radical (unpaired) electrons. The van der Waals surface area contributed by atoms with E-state index in [9.17, 15) is 4.79 Å². The number of nitrogens with two attached hydrogens (primary N) is 1. The molecule has 0 saturated carbocycles. The number of carbonyl (C=O) groups excluding carboxylic acids is 1. The van der Waals surface area contributed by atoms with Gasteiger partial charge in [0.25, 0.3) is 5.91 Å². The molecule has 0 unspecified atom stereocenters. The summed E-state index contributed by atoms with van der Waals surface area (Å²) in [5, 5.41) is 20.0. The summed E-state index contributed by atoms with van der Waals surface area (Å²) in [5.74, 6) is 0.830. The minimum Gasteiger partial charge on any atom is -0.378 e. The minimum absolute atomic E-state index is 0.0815. The maximum Gasteiger partial charge on any atom is 0.293 e. The van der Waals surface area contributed by atoms with Crippen LogP contribution in [0.25, 0.3) is 5.82 Å². The van der Waals surface area contributed by atoms with Crippen LogP contribution < -0.4 is 11.2 Å².